The number of carbonyl (C=O) groups is 1. The van der Waals surface area contributed by atoms with E-state index in [-0.39, 0.29) is 22.5 Å². The van der Waals surface area contributed by atoms with Crippen LogP contribution in [0.25, 0.3) is 11.1 Å². The third-order valence-electron chi connectivity index (χ3n) is 2.59. The van der Waals surface area contributed by atoms with Crippen molar-refractivity contribution in [3.8, 4) is 11.1 Å². The fourth-order valence-electron chi connectivity index (χ4n) is 1.79. The number of carbonyl (C=O) groups excluding carboxylic acids is 1. The van der Waals surface area contributed by atoms with Crippen LogP contribution in [0, 0.1) is 17.5 Å². The van der Waals surface area contributed by atoms with E-state index < -0.39 is 17.5 Å². The normalized spacial score (nSPS) is 10.4. The number of benzene rings is 2. The van der Waals surface area contributed by atoms with Gasteiger partial charge in [0.1, 0.15) is 17.5 Å². The van der Waals surface area contributed by atoms with Gasteiger partial charge < -0.3 is 0 Å². The minimum atomic E-state index is -0.830. The summed E-state index contributed by atoms with van der Waals surface area (Å²) in [4.78, 5) is 11.4. The fraction of sp³-hybridized carbons (Fsp3) is 0.0714. The van der Waals surface area contributed by atoms with Gasteiger partial charge in [-0.1, -0.05) is 6.07 Å². The lowest BCUT2D eigenvalue weighted by Crippen LogP contribution is -2.00. The topological polar surface area (TPSA) is 17.1 Å². The Labute approximate surface area is 102 Å². The van der Waals surface area contributed by atoms with Crippen LogP contribution in [0.4, 0.5) is 13.2 Å². The molecule has 0 aliphatic heterocycles. The molecule has 2 aromatic carbocycles. The fourth-order valence-corrected chi connectivity index (χ4v) is 1.79. The molecule has 0 heterocycles. The van der Waals surface area contributed by atoms with Gasteiger partial charge in [0.2, 0.25) is 0 Å². The minimum Gasteiger partial charge on any atom is -0.294 e. The number of Topliss-reactive ketones (excluding diaryl/α,β-unsaturated/α-hetero) is 1. The molecule has 0 fully saturated rings. The maximum Gasteiger partial charge on any atom is 0.160 e. The molecule has 4 heteroatoms. The van der Waals surface area contributed by atoms with Crippen LogP contribution < -0.4 is 0 Å². The van der Waals surface area contributed by atoms with Crippen molar-refractivity contribution >= 4 is 5.78 Å². The zero-order valence-corrected chi connectivity index (χ0v) is 9.51. The molecule has 0 aromatic heterocycles. The van der Waals surface area contributed by atoms with Gasteiger partial charge in [0, 0.05) is 11.1 Å². The molecule has 2 aromatic rings. The van der Waals surface area contributed by atoms with Gasteiger partial charge in [0.15, 0.2) is 5.78 Å². The first-order chi connectivity index (χ1) is 8.50. The number of halogens is 3. The van der Waals surface area contributed by atoms with Gasteiger partial charge in [-0.2, -0.15) is 0 Å². The van der Waals surface area contributed by atoms with E-state index >= 15 is 0 Å². The van der Waals surface area contributed by atoms with E-state index in [2.05, 4.69) is 0 Å². The summed E-state index contributed by atoms with van der Waals surface area (Å²) in [7, 11) is 0. The first-order valence-electron chi connectivity index (χ1n) is 5.25. The maximum absolute atomic E-state index is 13.6. The summed E-state index contributed by atoms with van der Waals surface area (Å²) in [6, 6.07) is 6.59. The second-order valence-corrected chi connectivity index (χ2v) is 3.84. The minimum absolute atomic E-state index is 0.0712. The Kier molecular flexibility index (Phi) is 3.19. The van der Waals surface area contributed by atoms with Crippen molar-refractivity contribution in [2.75, 3.05) is 0 Å². The summed E-state index contributed by atoms with van der Waals surface area (Å²) in [6.07, 6.45) is 0. The summed E-state index contributed by atoms with van der Waals surface area (Å²) < 4.78 is 40.5. The molecule has 0 amide bonds. The van der Waals surface area contributed by atoms with Crippen molar-refractivity contribution < 1.29 is 18.0 Å². The Morgan fingerprint density at radius 2 is 1.61 bits per heavy atom. The zero-order valence-electron chi connectivity index (χ0n) is 9.51. The predicted molar refractivity (Wildman–Crippen MR) is 61.8 cm³/mol. The molecule has 0 saturated carbocycles. The molecule has 0 aliphatic carbocycles. The highest BCUT2D eigenvalue weighted by molar-refractivity contribution is 6.00. The molecule has 0 aliphatic rings. The Morgan fingerprint density at radius 1 is 1.00 bits per heavy atom. The van der Waals surface area contributed by atoms with Crippen LogP contribution in [-0.4, -0.2) is 5.78 Å². The monoisotopic (exact) mass is 250 g/mol. The Bertz CT molecular complexity index is 600. The lowest BCUT2D eigenvalue weighted by Gasteiger charge is -2.09. The largest absolute Gasteiger partial charge is 0.294 e. The second kappa shape index (κ2) is 4.64. The van der Waals surface area contributed by atoms with Gasteiger partial charge in [-0.15, -0.1) is 0 Å². The summed E-state index contributed by atoms with van der Waals surface area (Å²) in [5.41, 5.74) is -0.374. The average molecular weight is 250 g/mol. The Hall–Kier alpha value is -2.10. The van der Waals surface area contributed by atoms with Crippen LogP contribution in [0.3, 0.4) is 0 Å². The first-order valence-corrected chi connectivity index (χ1v) is 5.25. The van der Waals surface area contributed by atoms with Gasteiger partial charge >= 0.3 is 0 Å². The van der Waals surface area contributed by atoms with Crippen LogP contribution in [0.1, 0.15) is 17.3 Å². The Balaban J connectivity index is 2.77. The molecule has 0 saturated heterocycles. The third kappa shape index (κ3) is 2.14. The number of rotatable bonds is 2. The molecular formula is C14H9F3O. The van der Waals surface area contributed by atoms with E-state index in [0.717, 1.165) is 24.3 Å². The van der Waals surface area contributed by atoms with E-state index in [9.17, 15) is 18.0 Å². The molecule has 0 N–H and O–H groups in total. The summed E-state index contributed by atoms with van der Waals surface area (Å²) >= 11 is 0. The molecule has 0 unspecified atom stereocenters. The van der Waals surface area contributed by atoms with Gasteiger partial charge in [0.05, 0.1) is 5.56 Å². The van der Waals surface area contributed by atoms with Gasteiger partial charge in [0.25, 0.3) is 0 Å². The highest BCUT2D eigenvalue weighted by Crippen LogP contribution is 2.30. The van der Waals surface area contributed by atoms with Crippen LogP contribution in [0.2, 0.25) is 0 Å². The molecule has 2 rings (SSSR count). The lowest BCUT2D eigenvalue weighted by molar-refractivity contribution is 0.101. The average Bonchev–Trinajstić information content (AvgIpc) is 2.28. The van der Waals surface area contributed by atoms with Crippen molar-refractivity contribution in [3.63, 3.8) is 0 Å². The zero-order chi connectivity index (χ0) is 13.3. The number of ketones is 1. The smallest absolute Gasteiger partial charge is 0.160 e. The van der Waals surface area contributed by atoms with E-state index in [0.29, 0.717) is 0 Å². The first kappa shape index (κ1) is 12.4. The van der Waals surface area contributed by atoms with E-state index in [4.69, 9.17) is 0 Å². The standard InChI is InChI=1S/C14H9F3O/c1-8(18)10-6-5-9(15)7-11(10)14-12(16)3-2-4-13(14)17/h2-7H,1H3. The van der Waals surface area contributed by atoms with Crippen LogP contribution in [-0.2, 0) is 0 Å². The van der Waals surface area contributed by atoms with Gasteiger partial charge in [-0.25, -0.2) is 13.2 Å². The lowest BCUT2D eigenvalue weighted by atomic mass is 9.96. The van der Waals surface area contributed by atoms with Crippen molar-refractivity contribution in [3.05, 3.63) is 59.4 Å². The SMILES string of the molecule is CC(=O)c1ccc(F)cc1-c1c(F)cccc1F. The van der Waals surface area contributed by atoms with Crippen molar-refractivity contribution in [1.82, 2.24) is 0 Å². The number of hydrogen-bond donors (Lipinski definition) is 0. The van der Waals surface area contributed by atoms with Gasteiger partial charge in [-0.05, 0) is 37.3 Å². The molecule has 0 bridgehead atoms. The van der Waals surface area contributed by atoms with E-state index in [1.807, 2.05) is 0 Å². The van der Waals surface area contributed by atoms with Crippen LogP contribution in [0.15, 0.2) is 36.4 Å². The second-order valence-electron chi connectivity index (χ2n) is 3.84. The summed E-state index contributed by atoms with van der Waals surface area (Å²) in [6.45, 7) is 1.26. The van der Waals surface area contributed by atoms with Crippen molar-refractivity contribution in [1.29, 1.82) is 0 Å². The summed E-state index contributed by atoms with van der Waals surface area (Å²) in [5.74, 6) is -2.70. The van der Waals surface area contributed by atoms with Crippen LogP contribution >= 0.6 is 0 Å². The van der Waals surface area contributed by atoms with Crippen molar-refractivity contribution in [2.24, 2.45) is 0 Å². The number of hydrogen-bond acceptors (Lipinski definition) is 1. The molecule has 0 radical (unpaired) electrons. The van der Waals surface area contributed by atoms with Crippen LogP contribution in [0.5, 0.6) is 0 Å². The third-order valence-corrected chi connectivity index (χ3v) is 2.59. The molecule has 92 valence electrons. The Morgan fingerprint density at radius 3 is 2.17 bits per heavy atom. The quantitative estimate of drug-likeness (QED) is 0.737. The van der Waals surface area contributed by atoms with E-state index in [1.54, 1.807) is 0 Å². The highest BCUT2D eigenvalue weighted by atomic mass is 19.1. The summed E-state index contributed by atoms with van der Waals surface area (Å²) in [5, 5.41) is 0. The van der Waals surface area contributed by atoms with E-state index in [1.165, 1.54) is 19.1 Å². The highest BCUT2D eigenvalue weighted by Gasteiger charge is 2.17. The van der Waals surface area contributed by atoms with Gasteiger partial charge in [-0.3, -0.25) is 4.79 Å². The molecular weight excluding hydrogens is 241 g/mol. The molecule has 1 nitrogen and oxygen atoms in total. The molecule has 0 atom stereocenters. The molecule has 0 spiro atoms. The molecule has 18 heavy (non-hydrogen) atoms. The predicted octanol–water partition coefficient (Wildman–Crippen LogP) is 3.97. The van der Waals surface area contributed by atoms with Crippen molar-refractivity contribution in [2.45, 2.75) is 6.92 Å². The maximum atomic E-state index is 13.6.